The van der Waals surface area contributed by atoms with Crippen LogP contribution in [0.4, 0.5) is 20.2 Å². The highest BCUT2D eigenvalue weighted by atomic mass is 19.1. The number of carbonyl (C=O) groups excluding carboxylic acids is 2. The summed E-state index contributed by atoms with van der Waals surface area (Å²) >= 11 is 0. The maximum Gasteiger partial charge on any atom is 0.244 e. The quantitative estimate of drug-likeness (QED) is 0.930. The Morgan fingerprint density at radius 3 is 2.08 bits per heavy atom. The number of halogens is 2. The summed E-state index contributed by atoms with van der Waals surface area (Å²) in [7, 11) is 0. The zero-order chi connectivity index (χ0) is 17.9. The Morgan fingerprint density at radius 2 is 1.58 bits per heavy atom. The summed E-state index contributed by atoms with van der Waals surface area (Å²) in [6.07, 6.45) is 0. The third-order valence-corrected chi connectivity index (χ3v) is 3.39. The number of carbonyl (C=O) groups is 2. The van der Waals surface area contributed by atoms with E-state index in [1.807, 2.05) is 19.9 Å². The zero-order valence-electron chi connectivity index (χ0n) is 13.7. The van der Waals surface area contributed by atoms with Gasteiger partial charge < -0.3 is 5.32 Å². The van der Waals surface area contributed by atoms with Crippen LogP contribution in [0.15, 0.2) is 36.4 Å². The van der Waals surface area contributed by atoms with E-state index in [-0.39, 0.29) is 0 Å². The van der Waals surface area contributed by atoms with E-state index in [4.69, 9.17) is 0 Å². The molecule has 0 aliphatic rings. The summed E-state index contributed by atoms with van der Waals surface area (Å²) in [6, 6.07) is 8.76. The summed E-state index contributed by atoms with van der Waals surface area (Å²) in [5, 5.41) is 2.64. The molecule has 24 heavy (non-hydrogen) atoms. The van der Waals surface area contributed by atoms with Gasteiger partial charge in [0.15, 0.2) is 0 Å². The second-order valence-electron chi connectivity index (χ2n) is 5.60. The zero-order valence-corrected chi connectivity index (χ0v) is 13.7. The predicted molar refractivity (Wildman–Crippen MR) is 88.9 cm³/mol. The molecule has 0 radical (unpaired) electrons. The highest BCUT2D eigenvalue weighted by Crippen LogP contribution is 2.23. The fourth-order valence-corrected chi connectivity index (χ4v) is 2.49. The Kier molecular flexibility index (Phi) is 5.28. The number of para-hydroxylation sites is 1. The average Bonchev–Trinajstić information content (AvgIpc) is 2.44. The van der Waals surface area contributed by atoms with E-state index >= 15 is 0 Å². The molecule has 0 aromatic heterocycles. The molecule has 2 aromatic carbocycles. The maximum absolute atomic E-state index is 13.9. The second-order valence-corrected chi connectivity index (χ2v) is 5.60. The molecule has 0 unspecified atom stereocenters. The molecule has 1 N–H and O–H groups in total. The summed E-state index contributed by atoms with van der Waals surface area (Å²) < 4.78 is 27.8. The topological polar surface area (TPSA) is 49.4 Å². The number of hydrogen-bond donors (Lipinski definition) is 1. The van der Waals surface area contributed by atoms with E-state index in [0.29, 0.717) is 5.69 Å². The minimum Gasteiger partial charge on any atom is -0.325 e. The maximum atomic E-state index is 13.9. The van der Waals surface area contributed by atoms with Gasteiger partial charge in [-0.15, -0.1) is 0 Å². The smallest absolute Gasteiger partial charge is 0.244 e. The Balaban J connectivity index is 2.22. The van der Waals surface area contributed by atoms with Gasteiger partial charge in [0, 0.05) is 12.6 Å². The van der Waals surface area contributed by atoms with Crippen molar-refractivity contribution in [1.82, 2.24) is 0 Å². The standard InChI is InChI=1S/C18H18F2N2O2/c1-11-7-12(2)9-14(8-11)21-17(24)10-22(13(3)23)18-15(19)5-4-6-16(18)20/h4-9H,10H2,1-3H3,(H,21,24). The average molecular weight is 332 g/mol. The number of nitrogens with one attached hydrogen (secondary N) is 1. The summed E-state index contributed by atoms with van der Waals surface area (Å²) in [5.41, 5.74) is 1.97. The molecule has 4 nitrogen and oxygen atoms in total. The first-order valence-corrected chi connectivity index (χ1v) is 7.38. The Hall–Kier alpha value is -2.76. The van der Waals surface area contributed by atoms with Crippen LogP contribution < -0.4 is 10.2 Å². The van der Waals surface area contributed by atoms with Crippen molar-refractivity contribution in [1.29, 1.82) is 0 Å². The first-order chi connectivity index (χ1) is 11.3. The first-order valence-electron chi connectivity index (χ1n) is 7.38. The van der Waals surface area contributed by atoms with E-state index < -0.39 is 35.7 Å². The van der Waals surface area contributed by atoms with Crippen LogP contribution in [0.1, 0.15) is 18.1 Å². The van der Waals surface area contributed by atoms with Gasteiger partial charge in [-0.1, -0.05) is 12.1 Å². The number of anilines is 2. The molecule has 0 spiro atoms. The Bertz CT molecular complexity index is 750. The number of amides is 2. The van der Waals surface area contributed by atoms with Crippen molar-refractivity contribution in [3.8, 4) is 0 Å². The van der Waals surface area contributed by atoms with E-state index in [9.17, 15) is 18.4 Å². The van der Waals surface area contributed by atoms with Gasteiger partial charge in [0.1, 0.15) is 23.9 Å². The third kappa shape index (κ3) is 4.16. The largest absolute Gasteiger partial charge is 0.325 e. The monoisotopic (exact) mass is 332 g/mol. The summed E-state index contributed by atoms with van der Waals surface area (Å²) in [5.74, 6) is -2.97. The predicted octanol–water partition coefficient (Wildman–Crippen LogP) is 3.57. The molecule has 0 heterocycles. The lowest BCUT2D eigenvalue weighted by Gasteiger charge is -2.21. The van der Waals surface area contributed by atoms with Gasteiger partial charge in [-0.05, 0) is 49.2 Å². The van der Waals surface area contributed by atoms with Crippen LogP contribution in [0.2, 0.25) is 0 Å². The number of hydrogen-bond acceptors (Lipinski definition) is 2. The van der Waals surface area contributed by atoms with Crippen LogP contribution >= 0.6 is 0 Å². The fourth-order valence-electron chi connectivity index (χ4n) is 2.49. The molecule has 0 saturated heterocycles. The van der Waals surface area contributed by atoms with Gasteiger partial charge in [0.25, 0.3) is 0 Å². The van der Waals surface area contributed by atoms with Gasteiger partial charge in [-0.3, -0.25) is 14.5 Å². The van der Waals surface area contributed by atoms with E-state index in [1.165, 1.54) is 6.07 Å². The molecule has 0 bridgehead atoms. The van der Waals surface area contributed by atoms with E-state index in [0.717, 1.165) is 35.1 Å². The van der Waals surface area contributed by atoms with Crippen molar-refractivity contribution >= 4 is 23.2 Å². The van der Waals surface area contributed by atoms with Crippen molar-refractivity contribution in [3.63, 3.8) is 0 Å². The summed E-state index contributed by atoms with van der Waals surface area (Å²) in [6.45, 7) is 4.44. The highest BCUT2D eigenvalue weighted by Gasteiger charge is 2.22. The minimum absolute atomic E-state index is 0.486. The second kappa shape index (κ2) is 7.21. The number of nitrogens with zero attached hydrogens (tertiary/aromatic N) is 1. The van der Waals surface area contributed by atoms with Crippen LogP contribution in [0.25, 0.3) is 0 Å². The molecular formula is C18H18F2N2O2. The van der Waals surface area contributed by atoms with Gasteiger partial charge in [-0.25, -0.2) is 8.78 Å². The van der Waals surface area contributed by atoms with Gasteiger partial charge in [-0.2, -0.15) is 0 Å². The van der Waals surface area contributed by atoms with Crippen molar-refractivity contribution in [2.24, 2.45) is 0 Å². The van der Waals surface area contributed by atoms with Crippen LogP contribution in [0.5, 0.6) is 0 Å². The van der Waals surface area contributed by atoms with Crippen molar-refractivity contribution in [3.05, 3.63) is 59.2 Å². The molecule has 0 aliphatic heterocycles. The van der Waals surface area contributed by atoms with Crippen LogP contribution in [-0.2, 0) is 9.59 Å². The van der Waals surface area contributed by atoms with E-state index in [2.05, 4.69) is 5.32 Å². The lowest BCUT2D eigenvalue weighted by molar-refractivity contribution is -0.120. The van der Waals surface area contributed by atoms with Crippen molar-refractivity contribution in [2.75, 3.05) is 16.8 Å². The highest BCUT2D eigenvalue weighted by molar-refractivity contribution is 6.02. The van der Waals surface area contributed by atoms with Crippen molar-refractivity contribution < 1.29 is 18.4 Å². The van der Waals surface area contributed by atoms with Gasteiger partial charge in [0.05, 0.1) is 0 Å². The lowest BCUT2D eigenvalue weighted by atomic mass is 10.1. The third-order valence-electron chi connectivity index (χ3n) is 3.39. The first kappa shape index (κ1) is 17.6. The molecular weight excluding hydrogens is 314 g/mol. The molecule has 2 amide bonds. The van der Waals surface area contributed by atoms with E-state index in [1.54, 1.807) is 12.1 Å². The molecule has 0 atom stereocenters. The molecule has 2 rings (SSSR count). The van der Waals surface area contributed by atoms with Gasteiger partial charge in [0.2, 0.25) is 11.8 Å². The summed E-state index contributed by atoms with van der Waals surface area (Å²) in [4.78, 5) is 24.7. The normalized spacial score (nSPS) is 10.4. The molecule has 2 aromatic rings. The fraction of sp³-hybridized carbons (Fsp3) is 0.222. The lowest BCUT2D eigenvalue weighted by Crippen LogP contribution is -2.37. The van der Waals surface area contributed by atoms with Crippen molar-refractivity contribution in [2.45, 2.75) is 20.8 Å². The Labute approximate surface area is 139 Å². The molecule has 6 heteroatoms. The number of rotatable bonds is 4. The number of benzene rings is 2. The number of aryl methyl sites for hydroxylation is 2. The van der Waals surface area contributed by atoms with Gasteiger partial charge >= 0.3 is 0 Å². The van der Waals surface area contributed by atoms with Crippen LogP contribution in [-0.4, -0.2) is 18.4 Å². The molecule has 0 saturated carbocycles. The molecule has 126 valence electrons. The molecule has 0 aliphatic carbocycles. The Morgan fingerprint density at radius 1 is 1.04 bits per heavy atom. The molecule has 0 fully saturated rings. The SMILES string of the molecule is CC(=O)N(CC(=O)Nc1cc(C)cc(C)c1)c1c(F)cccc1F. The van der Waals surface area contributed by atoms with Crippen LogP contribution in [0.3, 0.4) is 0 Å². The minimum atomic E-state index is -0.899. The van der Waals surface area contributed by atoms with Crippen LogP contribution in [0, 0.1) is 25.5 Å².